The first-order valence-corrected chi connectivity index (χ1v) is 8.05. The molecule has 5 heteroatoms. The van der Waals surface area contributed by atoms with Crippen molar-refractivity contribution in [3.63, 3.8) is 0 Å². The van der Waals surface area contributed by atoms with Crippen LogP contribution in [0.2, 0.25) is 5.02 Å². The lowest BCUT2D eigenvalue weighted by Gasteiger charge is -2.01. The molecule has 1 aromatic carbocycles. The third-order valence-electron chi connectivity index (χ3n) is 2.72. The molecule has 0 radical (unpaired) electrons. The van der Waals surface area contributed by atoms with Crippen molar-refractivity contribution in [2.75, 3.05) is 12.5 Å². The zero-order valence-corrected chi connectivity index (χ0v) is 11.3. The van der Waals surface area contributed by atoms with Gasteiger partial charge >= 0.3 is 0 Å². The van der Waals surface area contributed by atoms with E-state index in [0.29, 0.717) is 5.02 Å². The Balaban J connectivity index is 2.15. The van der Waals surface area contributed by atoms with E-state index >= 15 is 0 Å². The number of rotatable bonds is 2. The third kappa shape index (κ3) is 3.07. The summed E-state index contributed by atoms with van der Waals surface area (Å²) in [5.41, 5.74) is 0.987. The molecule has 0 saturated heterocycles. The number of hydrogen-bond donors (Lipinski definition) is 0. The molecule has 1 amide bonds. The molecule has 0 N–H and O–H groups in total. The van der Waals surface area contributed by atoms with E-state index in [1.807, 2.05) is 24.3 Å². The molecule has 1 fully saturated rings. The van der Waals surface area contributed by atoms with Crippen molar-refractivity contribution in [3.05, 3.63) is 34.9 Å². The Labute approximate surface area is 106 Å². The highest BCUT2D eigenvalue weighted by Gasteiger charge is 2.45. The van der Waals surface area contributed by atoms with Gasteiger partial charge in [-0.3, -0.25) is 4.79 Å². The molecular weight excluding hydrogens is 258 g/mol. The Hall–Kier alpha value is -0.870. The molecule has 92 valence electrons. The summed E-state index contributed by atoms with van der Waals surface area (Å²) in [4.78, 5) is 11.7. The first-order chi connectivity index (χ1) is 7.88. The molecule has 1 aliphatic rings. The summed E-state index contributed by atoms with van der Waals surface area (Å²) in [6.07, 6.45) is 3.69. The SMILES string of the molecule is CS(C)(=O)=NC(=O)[C@@H]1C[C@H]1c1ccccc1Cl. The first-order valence-electron chi connectivity index (χ1n) is 5.34. The van der Waals surface area contributed by atoms with E-state index in [2.05, 4.69) is 4.36 Å². The molecule has 3 nitrogen and oxygen atoms in total. The van der Waals surface area contributed by atoms with Crippen LogP contribution in [0.25, 0.3) is 0 Å². The molecule has 0 bridgehead atoms. The zero-order valence-electron chi connectivity index (χ0n) is 9.72. The Morgan fingerprint density at radius 2 is 2.06 bits per heavy atom. The lowest BCUT2D eigenvalue weighted by molar-refractivity contribution is -0.118. The lowest BCUT2D eigenvalue weighted by Crippen LogP contribution is -2.03. The average molecular weight is 272 g/mol. The Morgan fingerprint density at radius 3 is 2.65 bits per heavy atom. The molecule has 0 aromatic heterocycles. The van der Waals surface area contributed by atoms with Gasteiger partial charge in [-0.25, -0.2) is 4.21 Å². The smallest absolute Gasteiger partial charge is 0.257 e. The summed E-state index contributed by atoms with van der Waals surface area (Å²) >= 11 is 6.06. The summed E-state index contributed by atoms with van der Waals surface area (Å²) < 4.78 is 15.1. The van der Waals surface area contributed by atoms with Gasteiger partial charge in [0.25, 0.3) is 5.91 Å². The number of carbonyl (C=O) groups is 1. The van der Waals surface area contributed by atoms with Gasteiger partial charge in [0.2, 0.25) is 0 Å². The highest BCUT2D eigenvalue weighted by molar-refractivity contribution is 7.92. The van der Waals surface area contributed by atoms with Gasteiger partial charge in [-0.1, -0.05) is 29.8 Å². The van der Waals surface area contributed by atoms with Crippen molar-refractivity contribution in [3.8, 4) is 0 Å². The van der Waals surface area contributed by atoms with Crippen LogP contribution in [0.3, 0.4) is 0 Å². The number of halogens is 1. The second kappa shape index (κ2) is 4.42. The standard InChI is InChI=1S/C12H14ClNO2S/c1-17(2,16)14-12(15)10-7-9(10)8-5-3-4-6-11(8)13/h3-6,9-10H,7H2,1-2H3/t9-,10+/m0/s1. The lowest BCUT2D eigenvalue weighted by atomic mass is 10.1. The fraction of sp³-hybridized carbons (Fsp3) is 0.417. The van der Waals surface area contributed by atoms with Gasteiger partial charge in [0.15, 0.2) is 0 Å². The maximum Gasteiger partial charge on any atom is 0.257 e. The van der Waals surface area contributed by atoms with E-state index in [9.17, 15) is 9.00 Å². The minimum absolute atomic E-state index is 0.140. The fourth-order valence-corrected chi connectivity index (χ4v) is 2.72. The predicted octanol–water partition coefficient (Wildman–Crippen LogP) is 2.70. The van der Waals surface area contributed by atoms with E-state index < -0.39 is 9.73 Å². The molecule has 2 atom stereocenters. The zero-order chi connectivity index (χ0) is 12.6. The van der Waals surface area contributed by atoms with Gasteiger partial charge in [-0.2, -0.15) is 4.36 Å². The van der Waals surface area contributed by atoms with Crippen LogP contribution in [-0.4, -0.2) is 22.6 Å². The minimum Gasteiger partial charge on any atom is -0.272 e. The van der Waals surface area contributed by atoms with Crippen LogP contribution in [0.1, 0.15) is 17.9 Å². The summed E-state index contributed by atoms with van der Waals surface area (Å²) in [6.45, 7) is 0. The van der Waals surface area contributed by atoms with Crippen LogP contribution in [0.15, 0.2) is 28.6 Å². The number of hydrogen-bond acceptors (Lipinski definition) is 2. The molecule has 1 saturated carbocycles. The second-order valence-electron chi connectivity index (χ2n) is 4.58. The monoisotopic (exact) mass is 271 g/mol. The number of nitrogens with zero attached hydrogens (tertiary/aromatic N) is 1. The van der Waals surface area contributed by atoms with Gasteiger partial charge in [-0.05, 0) is 24.0 Å². The highest BCUT2D eigenvalue weighted by atomic mass is 35.5. The number of carbonyl (C=O) groups excluding carboxylic acids is 1. The quantitative estimate of drug-likeness (QED) is 0.830. The van der Waals surface area contributed by atoms with E-state index in [1.165, 1.54) is 12.5 Å². The topological polar surface area (TPSA) is 46.5 Å². The van der Waals surface area contributed by atoms with Crippen LogP contribution in [0.4, 0.5) is 0 Å². The summed E-state index contributed by atoms with van der Waals surface area (Å²) in [7, 11) is -2.35. The van der Waals surface area contributed by atoms with Gasteiger partial charge < -0.3 is 0 Å². The Morgan fingerprint density at radius 1 is 1.41 bits per heavy atom. The van der Waals surface area contributed by atoms with E-state index in [1.54, 1.807) is 0 Å². The summed E-state index contributed by atoms with van der Waals surface area (Å²) in [5.74, 6) is -0.262. The van der Waals surface area contributed by atoms with E-state index in [4.69, 9.17) is 11.6 Å². The molecule has 17 heavy (non-hydrogen) atoms. The normalized spacial score (nSPS) is 23.2. The van der Waals surface area contributed by atoms with Crippen molar-refractivity contribution >= 4 is 27.2 Å². The maximum absolute atomic E-state index is 11.7. The Kier molecular flexibility index (Phi) is 3.27. The van der Waals surface area contributed by atoms with Gasteiger partial charge in [0.05, 0.1) is 0 Å². The van der Waals surface area contributed by atoms with Crippen molar-refractivity contribution in [2.24, 2.45) is 10.3 Å². The second-order valence-corrected chi connectivity index (χ2v) is 7.53. The molecule has 2 rings (SSSR count). The molecule has 0 aliphatic heterocycles. The molecule has 1 aromatic rings. The number of benzene rings is 1. The molecule has 0 spiro atoms. The molecule has 0 unspecified atom stereocenters. The fourth-order valence-electron chi connectivity index (χ4n) is 1.87. The van der Waals surface area contributed by atoms with Gasteiger partial charge in [0.1, 0.15) is 0 Å². The summed E-state index contributed by atoms with van der Waals surface area (Å²) in [6, 6.07) is 7.51. The van der Waals surface area contributed by atoms with Gasteiger partial charge in [-0.15, -0.1) is 0 Å². The van der Waals surface area contributed by atoms with Crippen LogP contribution >= 0.6 is 11.6 Å². The molecule has 1 aliphatic carbocycles. The average Bonchev–Trinajstić information content (AvgIpc) is 2.95. The van der Waals surface area contributed by atoms with Crippen molar-refractivity contribution < 1.29 is 9.00 Å². The molecule has 0 heterocycles. The first kappa shape index (κ1) is 12.6. The van der Waals surface area contributed by atoms with Crippen molar-refractivity contribution in [1.82, 2.24) is 0 Å². The summed E-state index contributed by atoms with van der Waals surface area (Å²) in [5, 5.41) is 0.682. The van der Waals surface area contributed by atoms with Crippen molar-refractivity contribution in [2.45, 2.75) is 12.3 Å². The van der Waals surface area contributed by atoms with E-state index in [0.717, 1.165) is 12.0 Å². The van der Waals surface area contributed by atoms with Gasteiger partial charge in [0, 0.05) is 33.2 Å². The van der Waals surface area contributed by atoms with Crippen LogP contribution in [0, 0.1) is 5.92 Å². The number of amides is 1. The molecular formula is C12H14ClNO2S. The minimum atomic E-state index is -2.35. The largest absolute Gasteiger partial charge is 0.272 e. The van der Waals surface area contributed by atoms with Crippen LogP contribution in [-0.2, 0) is 14.5 Å². The highest BCUT2D eigenvalue weighted by Crippen LogP contribution is 2.50. The predicted molar refractivity (Wildman–Crippen MR) is 69.7 cm³/mol. The van der Waals surface area contributed by atoms with Crippen molar-refractivity contribution in [1.29, 1.82) is 0 Å². The van der Waals surface area contributed by atoms with Crippen LogP contribution < -0.4 is 0 Å². The maximum atomic E-state index is 11.7. The third-order valence-corrected chi connectivity index (χ3v) is 3.69. The van der Waals surface area contributed by atoms with E-state index in [-0.39, 0.29) is 17.7 Å². The Bertz CT molecular complexity index is 568. The van der Waals surface area contributed by atoms with Crippen LogP contribution in [0.5, 0.6) is 0 Å².